The van der Waals surface area contributed by atoms with Gasteiger partial charge in [-0.3, -0.25) is 0 Å². The highest BCUT2D eigenvalue weighted by atomic mass is 16.5. The molecule has 1 aromatic heterocycles. The van der Waals surface area contributed by atoms with Gasteiger partial charge in [-0.2, -0.15) is 0 Å². The molecule has 75 heavy (non-hydrogen) atoms. The molecular formula is C71H46N2O2. The fraction of sp³-hybridized carbons (Fsp3) is 0.0141. The average Bonchev–Trinajstić information content (AvgIpc) is 4.13. The number of hydrogen-bond donors (Lipinski definition) is 0. The summed E-state index contributed by atoms with van der Waals surface area (Å²) < 4.78 is 13.5. The molecule has 0 amide bonds. The Balaban J connectivity index is 0.942. The summed E-state index contributed by atoms with van der Waals surface area (Å²) in [4.78, 5) is 4.75. The van der Waals surface area contributed by atoms with E-state index in [1.165, 1.54) is 33.4 Å². The molecule has 0 saturated heterocycles. The van der Waals surface area contributed by atoms with Crippen LogP contribution in [0.5, 0.6) is 11.5 Å². The number of fused-ring (bicyclic) bond motifs is 8. The van der Waals surface area contributed by atoms with Crippen molar-refractivity contribution < 1.29 is 9.15 Å². The van der Waals surface area contributed by atoms with Crippen molar-refractivity contribution in [2.75, 3.05) is 9.80 Å². The van der Waals surface area contributed by atoms with Crippen LogP contribution in [0.1, 0.15) is 22.3 Å². The number of hydrogen-bond acceptors (Lipinski definition) is 4. The van der Waals surface area contributed by atoms with Crippen LogP contribution in [0.25, 0.3) is 66.1 Å². The average molecular weight is 959 g/mol. The van der Waals surface area contributed by atoms with Gasteiger partial charge in [-0.1, -0.05) is 194 Å². The van der Waals surface area contributed by atoms with Crippen molar-refractivity contribution in [3.05, 3.63) is 301 Å². The van der Waals surface area contributed by atoms with E-state index >= 15 is 0 Å². The maximum Gasteiger partial charge on any atom is 0.143 e. The molecule has 0 spiro atoms. The van der Waals surface area contributed by atoms with E-state index in [0.717, 1.165) is 101 Å². The molecule has 1 aliphatic heterocycles. The zero-order chi connectivity index (χ0) is 49.5. The minimum Gasteiger partial charge on any atom is -0.456 e. The number of anilines is 6. The van der Waals surface area contributed by atoms with Crippen LogP contribution in [-0.2, 0) is 5.41 Å². The van der Waals surface area contributed by atoms with Crippen LogP contribution in [0.2, 0.25) is 0 Å². The lowest BCUT2D eigenvalue weighted by Gasteiger charge is -2.35. The molecule has 0 fully saturated rings. The predicted molar refractivity (Wildman–Crippen MR) is 309 cm³/mol. The molecule has 0 N–H and O–H groups in total. The molecule has 12 aromatic carbocycles. The molecule has 2 heterocycles. The van der Waals surface area contributed by atoms with Crippen LogP contribution in [0.15, 0.2) is 283 Å². The molecule has 0 saturated carbocycles. The van der Waals surface area contributed by atoms with E-state index in [4.69, 9.17) is 9.15 Å². The maximum absolute atomic E-state index is 6.94. The van der Waals surface area contributed by atoms with Crippen molar-refractivity contribution in [1.29, 1.82) is 0 Å². The van der Waals surface area contributed by atoms with Gasteiger partial charge in [0, 0.05) is 61.1 Å². The Morgan fingerprint density at radius 2 is 0.840 bits per heavy atom. The predicted octanol–water partition coefficient (Wildman–Crippen LogP) is 19.5. The maximum atomic E-state index is 6.94. The topological polar surface area (TPSA) is 28.9 Å². The normalized spacial score (nSPS) is 12.7. The third kappa shape index (κ3) is 6.63. The summed E-state index contributed by atoms with van der Waals surface area (Å²) in [5.74, 6) is 1.66. The molecule has 2 aliphatic rings. The molecule has 0 radical (unpaired) electrons. The SMILES string of the molecule is c1ccc(N(c2ccccc2)c2ccc3c(c2)-c2cccc4c(N(c5ccc(-c6cccc7c6oc6ccccc67)cc5)c5ccc6c(c5)C(c5ccccc5)(c5ccccc5)c5ccccc5-6)ccc(c24)O3)cc1. The van der Waals surface area contributed by atoms with Gasteiger partial charge in [0.05, 0.1) is 11.1 Å². The molecule has 1 aliphatic carbocycles. The zero-order valence-corrected chi connectivity index (χ0v) is 40.8. The van der Waals surface area contributed by atoms with Gasteiger partial charge in [-0.05, 0) is 129 Å². The third-order valence-electron chi connectivity index (χ3n) is 15.5. The first kappa shape index (κ1) is 42.8. The highest BCUT2D eigenvalue weighted by molar-refractivity contribution is 6.12. The van der Waals surface area contributed by atoms with Crippen LogP contribution in [0.3, 0.4) is 0 Å². The lowest BCUT2D eigenvalue weighted by atomic mass is 9.67. The monoisotopic (exact) mass is 958 g/mol. The van der Waals surface area contributed by atoms with Gasteiger partial charge in [-0.25, -0.2) is 0 Å². The fourth-order valence-electron chi connectivity index (χ4n) is 12.3. The van der Waals surface area contributed by atoms with Gasteiger partial charge >= 0.3 is 0 Å². The molecule has 0 unspecified atom stereocenters. The highest BCUT2D eigenvalue weighted by Crippen LogP contribution is 2.58. The Labute approximate surface area is 435 Å². The Kier molecular flexibility index (Phi) is 9.76. The van der Waals surface area contributed by atoms with Gasteiger partial charge in [0.25, 0.3) is 0 Å². The number of rotatable bonds is 9. The van der Waals surface area contributed by atoms with Crippen LogP contribution < -0.4 is 14.5 Å². The molecule has 0 bridgehead atoms. The molecule has 352 valence electrons. The Hall–Kier alpha value is -9.90. The van der Waals surface area contributed by atoms with Crippen molar-refractivity contribution in [2.45, 2.75) is 5.41 Å². The Bertz CT molecular complexity index is 4240. The Morgan fingerprint density at radius 1 is 0.307 bits per heavy atom. The molecule has 13 aromatic rings. The van der Waals surface area contributed by atoms with Crippen molar-refractivity contribution >= 4 is 66.8 Å². The zero-order valence-electron chi connectivity index (χ0n) is 40.8. The smallest absolute Gasteiger partial charge is 0.143 e. The van der Waals surface area contributed by atoms with Gasteiger partial charge in [-0.15, -0.1) is 0 Å². The minimum atomic E-state index is -0.576. The third-order valence-corrected chi connectivity index (χ3v) is 15.5. The van der Waals surface area contributed by atoms with Crippen molar-refractivity contribution in [3.63, 3.8) is 0 Å². The minimum absolute atomic E-state index is 0.576. The largest absolute Gasteiger partial charge is 0.456 e. The first-order chi connectivity index (χ1) is 37.2. The number of para-hydroxylation sites is 4. The summed E-state index contributed by atoms with van der Waals surface area (Å²) in [6.07, 6.45) is 0. The lowest BCUT2D eigenvalue weighted by molar-refractivity contribution is 0.487. The molecule has 4 heteroatoms. The first-order valence-corrected chi connectivity index (χ1v) is 25.7. The second-order valence-electron chi connectivity index (χ2n) is 19.5. The van der Waals surface area contributed by atoms with E-state index in [9.17, 15) is 0 Å². The second kappa shape index (κ2) is 17.1. The fourth-order valence-corrected chi connectivity index (χ4v) is 12.3. The van der Waals surface area contributed by atoms with Gasteiger partial charge in [0.2, 0.25) is 0 Å². The molecule has 4 nitrogen and oxygen atoms in total. The van der Waals surface area contributed by atoms with E-state index in [1.807, 2.05) is 12.1 Å². The summed E-state index contributed by atoms with van der Waals surface area (Å²) in [6.45, 7) is 0. The summed E-state index contributed by atoms with van der Waals surface area (Å²) in [6, 6.07) is 101. The first-order valence-electron chi connectivity index (χ1n) is 25.7. The summed E-state index contributed by atoms with van der Waals surface area (Å²) >= 11 is 0. The van der Waals surface area contributed by atoms with Gasteiger partial charge < -0.3 is 19.0 Å². The van der Waals surface area contributed by atoms with E-state index in [2.05, 4.69) is 277 Å². The quantitative estimate of drug-likeness (QED) is 0.144. The lowest BCUT2D eigenvalue weighted by Crippen LogP contribution is -2.28. The molecule has 15 rings (SSSR count). The van der Waals surface area contributed by atoms with Crippen LogP contribution >= 0.6 is 0 Å². The summed E-state index contributed by atoms with van der Waals surface area (Å²) in [5.41, 5.74) is 19.3. The van der Waals surface area contributed by atoms with Gasteiger partial charge in [0.1, 0.15) is 22.7 Å². The van der Waals surface area contributed by atoms with Gasteiger partial charge in [0.15, 0.2) is 0 Å². The summed E-state index contributed by atoms with van der Waals surface area (Å²) in [7, 11) is 0. The molecule has 0 atom stereocenters. The van der Waals surface area contributed by atoms with Crippen LogP contribution in [0.4, 0.5) is 34.1 Å². The standard InChI is InChI=1S/C71H46N2O2/c1-5-19-48(20-6-1)71(49-21-7-2-8-22-49)63-33-15-13-27-56(63)57-41-39-54(46-64(57)71)73(52-37-35-47(36-38-52)55-29-17-31-60-58-28-14-16-34-66(58)75-70(55)60)65-42-44-68-69-59(30-18-32-61(65)69)62-45-53(40-43-67(62)74-68)72(50-23-9-3-10-24-50)51-25-11-4-12-26-51/h1-46H. The highest BCUT2D eigenvalue weighted by Gasteiger charge is 2.46. The van der Waals surface area contributed by atoms with Crippen molar-refractivity contribution in [1.82, 2.24) is 0 Å². The van der Waals surface area contributed by atoms with E-state index in [-0.39, 0.29) is 0 Å². The molecular weight excluding hydrogens is 913 g/mol. The van der Waals surface area contributed by atoms with E-state index < -0.39 is 5.41 Å². The number of benzene rings is 12. The van der Waals surface area contributed by atoms with E-state index in [0.29, 0.717) is 0 Å². The van der Waals surface area contributed by atoms with E-state index in [1.54, 1.807) is 0 Å². The van der Waals surface area contributed by atoms with Crippen LogP contribution in [-0.4, -0.2) is 0 Å². The van der Waals surface area contributed by atoms with Crippen molar-refractivity contribution in [3.8, 4) is 44.9 Å². The second-order valence-corrected chi connectivity index (χ2v) is 19.5. The number of nitrogens with zero attached hydrogens (tertiary/aromatic N) is 2. The summed E-state index contributed by atoms with van der Waals surface area (Å²) in [5, 5.41) is 4.38. The number of furan rings is 1. The van der Waals surface area contributed by atoms with Crippen molar-refractivity contribution in [2.24, 2.45) is 0 Å². The number of ether oxygens (including phenoxy) is 1. The Morgan fingerprint density at radius 3 is 1.57 bits per heavy atom. The van der Waals surface area contributed by atoms with Crippen LogP contribution in [0, 0.1) is 0 Å².